The van der Waals surface area contributed by atoms with Gasteiger partial charge in [-0.3, -0.25) is 0 Å². The number of methoxy groups -OCH3 is 1. The minimum atomic E-state index is 0.487. The molecule has 0 fully saturated rings. The number of aromatic nitrogens is 1. The van der Waals surface area contributed by atoms with Crippen molar-refractivity contribution in [3.63, 3.8) is 0 Å². The van der Waals surface area contributed by atoms with Crippen molar-refractivity contribution in [2.24, 2.45) is 0 Å². The van der Waals surface area contributed by atoms with Crippen LogP contribution in [-0.2, 0) is 6.42 Å². The first-order chi connectivity index (χ1) is 8.60. The van der Waals surface area contributed by atoms with E-state index in [2.05, 4.69) is 20.9 Å². The Hall–Kier alpha value is -1.26. The van der Waals surface area contributed by atoms with Gasteiger partial charge >= 0.3 is 0 Å². The smallest absolute Gasteiger partial charge is 0.126 e. The molecule has 94 valence electrons. The second kappa shape index (κ2) is 5.59. The van der Waals surface area contributed by atoms with Gasteiger partial charge in [0.2, 0.25) is 0 Å². The van der Waals surface area contributed by atoms with E-state index in [1.165, 1.54) is 0 Å². The zero-order valence-electron chi connectivity index (χ0n) is 9.78. The van der Waals surface area contributed by atoms with Crippen LogP contribution in [0.5, 0.6) is 5.75 Å². The van der Waals surface area contributed by atoms with E-state index in [0.29, 0.717) is 17.3 Å². The van der Waals surface area contributed by atoms with Crippen molar-refractivity contribution in [1.82, 2.24) is 4.98 Å². The first-order valence-electron chi connectivity index (χ1n) is 5.32. The lowest BCUT2D eigenvalue weighted by molar-refractivity contribution is 0.410. The van der Waals surface area contributed by atoms with Crippen LogP contribution in [0.4, 0.5) is 5.82 Å². The third kappa shape index (κ3) is 2.94. The maximum atomic E-state index is 5.93. The molecule has 2 aromatic rings. The Bertz CT molecular complexity index is 575. The van der Waals surface area contributed by atoms with Crippen LogP contribution in [0.25, 0.3) is 0 Å². The highest BCUT2D eigenvalue weighted by atomic mass is 79.9. The molecule has 18 heavy (non-hydrogen) atoms. The number of nitrogens with two attached hydrogens (primary N) is 1. The van der Waals surface area contributed by atoms with Crippen LogP contribution < -0.4 is 10.5 Å². The van der Waals surface area contributed by atoms with E-state index in [1.54, 1.807) is 13.3 Å². The van der Waals surface area contributed by atoms with Crippen LogP contribution in [-0.4, -0.2) is 12.1 Å². The Balaban J connectivity index is 2.38. The summed E-state index contributed by atoms with van der Waals surface area (Å²) >= 11 is 9.37. The lowest BCUT2D eigenvalue weighted by Gasteiger charge is -2.10. The average Bonchev–Trinajstić information content (AvgIpc) is 2.34. The third-order valence-corrected chi connectivity index (χ3v) is 3.29. The lowest BCUT2D eigenvalue weighted by Crippen LogP contribution is -2.00. The van der Waals surface area contributed by atoms with Gasteiger partial charge < -0.3 is 10.5 Å². The summed E-state index contributed by atoms with van der Waals surface area (Å²) in [6.07, 6.45) is 2.17. The topological polar surface area (TPSA) is 48.1 Å². The van der Waals surface area contributed by atoms with Crippen LogP contribution >= 0.6 is 27.5 Å². The largest absolute Gasteiger partial charge is 0.496 e. The highest BCUT2D eigenvalue weighted by Crippen LogP contribution is 2.27. The molecule has 0 radical (unpaired) electrons. The van der Waals surface area contributed by atoms with E-state index in [4.69, 9.17) is 22.1 Å². The van der Waals surface area contributed by atoms with E-state index in [-0.39, 0.29) is 0 Å². The lowest BCUT2D eigenvalue weighted by atomic mass is 10.0. The minimum absolute atomic E-state index is 0.487. The molecule has 2 rings (SSSR count). The van der Waals surface area contributed by atoms with Crippen molar-refractivity contribution in [3.8, 4) is 5.75 Å². The van der Waals surface area contributed by atoms with Gasteiger partial charge in [0, 0.05) is 22.7 Å². The van der Waals surface area contributed by atoms with Gasteiger partial charge in [0.05, 0.1) is 12.1 Å². The fourth-order valence-corrected chi connectivity index (χ4v) is 2.31. The van der Waals surface area contributed by atoms with Gasteiger partial charge in [-0.05, 0) is 29.8 Å². The highest BCUT2D eigenvalue weighted by Gasteiger charge is 2.08. The number of benzene rings is 1. The molecule has 0 amide bonds. The Morgan fingerprint density at radius 1 is 1.33 bits per heavy atom. The molecule has 5 heteroatoms. The van der Waals surface area contributed by atoms with Crippen molar-refractivity contribution >= 4 is 33.3 Å². The third-order valence-electron chi connectivity index (χ3n) is 2.59. The molecule has 0 aliphatic rings. The van der Waals surface area contributed by atoms with Gasteiger partial charge in [0.25, 0.3) is 0 Å². The summed E-state index contributed by atoms with van der Waals surface area (Å²) in [4.78, 5) is 4.05. The van der Waals surface area contributed by atoms with E-state index in [0.717, 1.165) is 21.3 Å². The molecule has 0 saturated heterocycles. The normalized spacial score (nSPS) is 10.4. The molecular formula is C13H12BrClN2O. The second-order valence-corrected chi connectivity index (χ2v) is 5.18. The predicted molar refractivity (Wildman–Crippen MR) is 77.2 cm³/mol. The van der Waals surface area contributed by atoms with Gasteiger partial charge in [-0.1, -0.05) is 27.5 Å². The molecule has 0 aliphatic heterocycles. The Morgan fingerprint density at radius 2 is 2.11 bits per heavy atom. The highest BCUT2D eigenvalue weighted by molar-refractivity contribution is 9.10. The van der Waals surface area contributed by atoms with E-state index >= 15 is 0 Å². The van der Waals surface area contributed by atoms with Crippen molar-refractivity contribution in [2.75, 3.05) is 12.8 Å². The molecule has 1 aromatic heterocycles. The van der Waals surface area contributed by atoms with Crippen LogP contribution in [0.15, 0.2) is 34.9 Å². The number of hydrogen-bond donors (Lipinski definition) is 1. The van der Waals surface area contributed by atoms with E-state index in [9.17, 15) is 0 Å². The van der Waals surface area contributed by atoms with Crippen molar-refractivity contribution < 1.29 is 4.74 Å². The van der Waals surface area contributed by atoms with E-state index < -0.39 is 0 Å². The number of pyridine rings is 1. The number of halogens is 2. The van der Waals surface area contributed by atoms with Crippen LogP contribution in [0, 0.1) is 0 Å². The summed E-state index contributed by atoms with van der Waals surface area (Å²) in [6.45, 7) is 0. The zero-order valence-corrected chi connectivity index (χ0v) is 12.1. The molecule has 1 aromatic carbocycles. The summed E-state index contributed by atoms with van der Waals surface area (Å²) in [5, 5.41) is 0.577. The second-order valence-electron chi connectivity index (χ2n) is 3.83. The molecule has 0 bridgehead atoms. The minimum Gasteiger partial charge on any atom is -0.496 e. The van der Waals surface area contributed by atoms with Crippen LogP contribution in [0.1, 0.15) is 11.1 Å². The standard InChI is InChI=1S/C13H12BrClN2O/c1-18-12-3-2-10(14)5-8(12)4-9-6-11(15)7-17-13(9)16/h2-3,5-7H,4H2,1H3,(H2,16,17). The van der Waals surface area contributed by atoms with Gasteiger partial charge in [-0.25, -0.2) is 4.98 Å². The SMILES string of the molecule is COc1ccc(Br)cc1Cc1cc(Cl)cnc1N. The number of anilines is 1. The molecule has 0 unspecified atom stereocenters. The Morgan fingerprint density at radius 3 is 2.83 bits per heavy atom. The first kappa shape index (κ1) is 13.2. The summed E-state index contributed by atoms with van der Waals surface area (Å²) < 4.78 is 6.32. The molecule has 0 saturated carbocycles. The van der Waals surface area contributed by atoms with Gasteiger partial charge in [0.15, 0.2) is 0 Å². The van der Waals surface area contributed by atoms with Gasteiger partial charge in [-0.15, -0.1) is 0 Å². The summed E-state index contributed by atoms with van der Waals surface area (Å²) in [5.74, 6) is 1.30. The summed E-state index contributed by atoms with van der Waals surface area (Å²) in [5.41, 5.74) is 7.76. The zero-order chi connectivity index (χ0) is 13.1. The van der Waals surface area contributed by atoms with Crippen LogP contribution in [0.2, 0.25) is 5.02 Å². The molecule has 3 nitrogen and oxygen atoms in total. The molecule has 2 N–H and O–H groups in total. The quantitative estimate of drug-likeness (QED) is 0.935. The fourth-order valence-electron chi connectivity index (χ4n) is 1.72. The van der Waals surface area contributed by atoms with Gasteiger partial charge in [0.1, 0.15) is 11.6 Å². The molecular weight excluding hydrogens is 316 g/mol. The van der Waals surface area contributed by atoms with Gasteiger partial charge in [-0.2, -0.15) is 0 Å². The van der Waals surface area contributed by atoms with Crippen LogP contribution in [0.3, 0.4) is 0 Å². The number of rotatable bonds is 3. The summed E-state index contributed by atoms with van der Waals surface area (Å²) in [6, 6.07) is 7.67. The Kier molecular flexibility index (Phi) is 4.09. The predicted octanol–water partition coefficient (Wildman–Crippen LogP) is 3.68. The maximum Gasteiger partial charge on any atom is 0.126 e. The monoisotopic (exact) mass is 326 g/mol. The molecule has 0 aliphatic carbocycles. The van der Waals surface area contributed by atoms with Crippen molar-refractivity contribution in [1.29, 1.82) is 0 Å². The first-order valence-corrected chi connectivity index (χ1v) is 6.49. The average molecular weight is 328 g/mol. The fraction of sp³-hybridized carbons (Fsp3) is 0.154. The number of nitrogen functional groups attached to an aromatic ring is 1. The molecule has 0 spiro atoms. The molecule has 0 atom stereocenters. The van der Waals surface area contributed by atoms with Crippen molar-refractivity contribution in [3.05, 3.63) is 51.1 Å². The Labute approximate surface area is 119 Å². The maximum absolute atomic E-state index is 5.93. The number of hydrogen-bond acceptors (Lipinski definition) is 3. The van der Waals surface area contributed by atoms with Crippen molar-refractivity contribution in [2.45, 2.75) is 6.42 Å². The van der Waals surface area contributed by atoms with E-state index in [1.807, 2.05) is 24.3 Å². The molecule has 1 heterocycles. The number of ether oxygens (including phenoxy) is 1. The summed E-state index contributed by atoms with van der Waals surface area (Å²) in [7, 11) is 1.65. The number of nitrogens with zero attached hydrogens (tertiary/aromatic N) is 1.